The van der Waals surface area contributed by atoms with Crippen LogP contribution in [-0.2, 0) is 11.2 Å². The summed E-state index contributed by atoms with van der Waals surface area (Å²) in [5.41, 5.74) is 6.25. The maximum atomic E-state index is 12.1. The van der Waals surface area contributed by atoms with Gasteiger partial charge in [0.15, 0.2) is 5.13 Å². The Kier molecular flexibility index (Phi) is 4.19. The Morgan fingerprint density at radius 1 is 1.61 bits per heavy atom. The predicted molar refractivity (Wildman–Crippen MR) is 71.3 cm³/mol. The first-order valence-electron chi connectivity index (χ1n) is 6.21. The lowest BCUT2D eigenvalue weighted by Gasteiger charge is -2.35. The fourth-order valence-corrected chi connectivity index (χ4v) is 2.97. The molecule has 5 nitrogen and oxygen atoms in total. The van der Waals surface area contributed by atoms with E-state index >= 15 is 0 Å². The Hall–Kier alpha value is -1.14. The van der Waals surface area contributed by atoms with Crippen molar-refractivity contribution < 1.29 is 9.90 Å². The van der Waals surface area contributed by atoms with Gasteiger partial charge in [-0.1, -0.05) is 12.8 Å². The fourth-order valence-electron chi connectivity index (χ4n) is 2.41. The second-order valence-corrected chi connectivity index (χ2v) is 5.67. The first-order chi connectivity index (χ1) is 8.58. The molecule has 1 aromatic heterocycles. The van der Waals surface area contributed by atoms with E-state index in [1.165, 1.54) is 11.3 Å². The van der Waals surface area contributed by atoms with Crippen molar-refractivity contribution in [2.75, 3.05) is 12.8 Å². The molecule has 1 saturated carbocycles. The summed E-state index contributed by atoms with van der Waals surface area (Å²) in [6.45, 7) is 0. The van der Waals surface area contributed by atoms with Crippen LogP contribution in [0.15, 0.2) is 5.38 Å². The third-order valence-electron chi connectivity index (χ3n) is 3.49. The zero-order valence-corrected chi connectivity index (χ0v) is 11.3. The zero-order chi connectivity index (χ0) is 13.1. The molecule has 0 aromatic carbocycles. The van der Waals surface area contributed by atoms with Gasteiger partial charge in [-0.05, 0) is 12.8 Å². The second-order valence-electron chi connectivity index (χ2n) is 4.78. The van der Waals surface area contributed by atoms with Crippen LogP contribution in [0.2, 0.25) is 0 Å². The molecule has 1 aromatic rings. The normalized spacial score (nSPS) is 23.9. The maximum absolute atomic E-state index is 12.1. The molecule has 0 bridgehead atoms. The number of thiazole rings is 1. The molecule has 1 heterocycles. The van der Waals surface area contributed by atoms with Crippen molar-refractivity contribution in [1.29, 1.82) is 0 Å². The maximum Gasteiger partial charge on any atom is 0.228 e. The van der Waals surface area contributed by atoms with E-state index in [1.54, 1.807) is 17.3 Å². The first kappa shape index (κ1) is 13.3. The molecule has 2 unspecified atom stereocenters. The molecule has 0 saturated heterocycles. The lowest BCUT2D eigenvalue weighted by Crippen LogP contribution is -2.46. The van der Waals surface area contributed by atoms with Crippen molar-refractivity contribution in [3.05, 3.63) is 11.1 Å². The molecule has 100 valence electrons. The van der Waals surface area contributed by atoms with Crippen LogP contribution in [0.1, 0.15) is 31.4 Å². The van der Waals surface area contributed by atoms with Gasteiger partial charge in [-0.25, -0.2) is 4.98 Å². The van der Waals surface area contributed by atoms with Crippen LogP contribution < -0.4 is 5.73 Å². The number of hydrogen-bond donors (Lipinski definition) is 2. The standard InChI is InChI=1S/C12H19N3O2S/c1-15(9-4-2-3-5-10(9)16)11(17)6-8-7-18-12(13)14-8/h7,9-10,16H,2-6H2,1H3,(H2,13,14). The molecule has 0 spiro atoms. The quantitative estimate of drug-likeness (QED) is 0.859. The Bertz CT molecular complexity index is 421. The van der Waals surface area contributed by atoms with Crippen LogP contribution in [-0.4, -0.2) is 40.1 Å². The van der Waals surface area contributed by atoms with E-state index in [2.05, 4.69) is 4.98 Å². The lowest BCUT2D eigenvalue weighted by atomic mass is 9.91. The SMILES string of the molecule is CN(C(=O)Cc1csc(N)n1)C1CCCCC1O. The van der Waals surface area contributed by atoms with Crippen LogP contribution in [0.5, 0.6) is 0 Å². The highest BCUT2D eigenvalue weighted by Crippen LogP contribution is 2.23. The van der Waals surface area contributed by atoms with Gasteiger partial charge in [0.1, 0.15) is 0 Å². The summed E-state index contributed by atoms with van der Waals surface area (Å²) in [4.78, 5) is 17.9. The number of carbonyl (C=O) groups excluding carboxylic acids is 1. The van der Waals surface area contributed by atoms with E-state index < -0.39 is 6.10 Å². The Labute approximate surface area is 111 Å². The van der Waals surface area contributed by atoms with Crippen LogP contribution in [0.3, 0.4) is 0 Å². The number of nitrogens with zero attached hydrogens (tertiary/aromatic N) is 2. The second kappa shape index (κ2) is 5.67. The smallest absolute Gasteiger partial charge is 0.228 e. The number of aromatic nitrogens is 1. The summed E-state index contributed by atoms with van der Waals surface area (Å²) in [7, 11) is 1.76. The van der Waals surface area contributed by atoms with E-state index in [-0.39, 0.29) is 18.4 Å². The lowest BCUT2D eigenvalue weighted by molar-refractivity contribution is -0.134. The van der Waals surface area contributed by atoms with Gasteiger partial charge in [0, 0.05) is 12.4 Å². The van der Waals surface area contributed by atoms with Gasteiger partial charge < -0.3 is 15.7 Å². The number of nitrogens with two attached hydrogens (primary N) is 1. The third kappa shape index (κ3) is 3.00. The van der Waals surface area contributed by atoms with Crippen LogP contribution >= 0.6 is 11.3 Å². The number of rotatable bonds is 3. The average molecular weight is 269 g/mol. The first-order valence-corrected chi connectivity index (χ1v) is 7.09. The van der Waals surface area contributed by atoms with Gasteiger partial charge >= 0.3 is 0 Å². The molecular formula is C12H19N3O2S. The summed E-state index contributed by atoms with van der Waals surface area (Å²) < 4.78 is 0. The van der Waals surface area contributed by atoms with Crippen molar-refractivity contribution in [3.63, 3.8) is 0 Å². The molecule has 1 aliphatic carbocycles. The Balaban J connectivity index is 1.95. The number of carbonyl (C=O) groups is 1. The number of hydrogen-bond acceptors (Lipinski definition) is 5. The highest BCUT2D eigenvalue weighted by atomic mass is 32.1. The third-order valence-corrected chi connectivity index (χ3v) is 4.21. The van der Waals surface area contributed by atoms with Gasteiger partial charge in [-0.3, -0.25) is 4.79 Å². The van der Waals surface area contributed by atoms with Gasteiger partial charge in [0.05, 0.1) is 24.3 Å². The fraction of sp³-hybridized carbons (Fsp3) is 0.667. The van der Waals surface area contributed by atoms with E-state index in [0.29, 0.717) is 10.8 Å². The summed E-state index contributed by atoms with van der Waals surface area (Å²) in [6, 6.07) is -0.0535. The molecule has 1 aliphatic rings. The predicted octanol–water partition coefficient (Wildman–Crippen LogP) is 1.03. The molecule has 1 fully saturated rings. The monoisotopic (exact) mass is 269 g/mol. The molecule has 0 radical (unpaired) electrons. The number of aliphatic hydroxyl groups excluding tert-OH is 1. The van der Waals surface area contributed by atoms with Crippen molar-refractivity contribution >= 4 is 22.4 Å². The minimum absolute atomic E-state index is 0.00810. The van der Waals surface area contributed by atoms with Gasteiger partial charge in [0.2, 0.25) is 5.91 Å². The molecule has 2 atom stereocenters. The summed E-state index contributed by atoms with van der Waals surface area (Å²) >= 11 is 1.34. The average Bonchev–Trinajstić information content (AvgIpc) is 2.74. The number of amides is 1. The number of likely N-dealkylation sites (N-methyl/N-ethyl adjacent to an activating group) is 1. The summed E-state index contributed by atoms with van der Waals surface area (Å²) in [6.07, 6.45) is 3.64. The van der Waals surface area contributed by atoms with Gasteiger partial charge in [0.25, 0.3) is 0 Å². The Morgan fingerprint density at radius 3 is 2.94 bits per heavy atom. The summed E-state index contributed by atoms with van der Waals surface area (Å²) in [5, 5.41) is 12.2. The van der Waals surface area contributed by atoms with Crippen molar-refractivity contribution in [2.24, 2.45) is 0 Å². The molecule has 6 heteroatoms. The van der Waals surface area contributed by atoms with Crippen LogP contribution in [0.4, 0.5) is 5.13 Å². The largest absolute Gasteiger partial charge is 0.391 e. The molecule has 0 aliphatic heterocycles. The Morgan fingerprint density at radius 2 is 2.33 bits per heavy atom. The molecule has 18 heavy (non-hydrogen) atoms. The molecule has 1 amide bonds. The topological polar surface area (TPSA) is 79.5 Å². The minimum Gasteiger partial charge on any atom is -0.391 e. The van der Waals surface area contributed by atoms with Crippen molar-refractivity contribution in [2.45, 2.75) is 44.2 Å². The highest BCUT2D eigenvalue weighted by molar-refractivity contribution is 7.13. The van der Waals surface area contributed by atoms with Crippen LogP contribution in [0, 0.1) is 0 Å². The van der Waals surface area contributed by atoms with Crippen molar-refractivity contribution in [3.8, 4) is 0 Å². The number of anilines is 1. The van der Waals surface area contributed by atoms with Gasteiger partial charge in [-0.2, -0.15) is 0 Å². The zero-order valence-electron chi connectivity index (χ0n) is 10.5. The number of nitrogen functional groups attached to an aromatic ring is 1. The van der Waals surface area contributed by atoms with E-state index in [0.717, 1.165) is 25.7 Å². The number of aliphatic hydroxyl groups is 1. The van der Waals surface area contributed by atoms with Gasteiger partial charge in [-0.15, -0.1) is 11.3 Å². The molecule has 3 N–H and O–H groups in total. The summed E-state index contributed by atoms with van der Waals surface area (Å²) in [5.74, 6) is -0.00810. The van der Waals surface area contributed by atoms with E-state index in [4.69, 9.17) is 5.73 Å². The van der Waals surface area contributed by atoms with Crippen LogP contribution in [0.25, 0.3) is 0 Å². The molecule has 2 rings (SSSR count). The highest BCUT2D eigenvalue weighted by Gasteiger charge is 2.29. The minimum atomic E-state index is -0.395. The van der Waals surface area contributed by atoms with E-state index in [1.807, 2.05) is 0 Å². The van der Waals surface area contributed by atoms with Crippen molar-refractivity contribution in [1.82, 2.24) is 9.88 Å². The van der Waals surface area contributed by atoms with E-state index in [9.17, 15) is 9.90 Å². The molecular weight excluding hydrogens is 250 g/mol.